The highest BCUT2D eigenvalue weighted by Crippen LogP contribution is 2.39. The predicted octanol–water partition coefficient (Wildman–Crippen LogP) is 1.87. The molecule has 1 aromatic heterocycles. The van der Waals surface area contributed by atoms with Gasteiger partial charge in [0.15, 0.2) is 5.82 Å². The molecule has 0 radical (unpaired) electrons. The van der Waals surface area contributed by atoms with Crippen LogP contribution in [0.5, 0.6) is 0 Å². The number of aromatic nitrogens is 3. The molecule has 0 aliphatic heterocycles. The molecule has 0 spiro atoms. The molecule has 1 aromatic rings. The number of urea groups is 1. The van der Waals surface area contributed by atoms with E-state index < -0.39 is 17.2 Å². The lowest BCUT2D eigenvalue weighted by Crippen LogP contribution is -2.58. The first-order valence-electron chi connectivity index (χ1n) is 8.89. The van der Waals surface area contributed by atoms with Crippen molar-refractivity contribution in [1.82, 2.24) is 30.7 Å². The molecule has 0 saturated heterocycles. The summed E-state index contributed by atoms with van der Waals surface area (Å²) in [5.41, 5.74) is -1.10. The summed E-state index contributed by atoms with van der Waals surface area (Å²) >= 11 is 0. The van der Waals surface area contributed by atoms with Gasteiger partial charge in [0, 0.05) is 13.6 Å². The van der Waals surface area contributed by atoms with E-state index in [-0.39, 0.29) is 12.1 Å². The van der Waals surface area contributed by atoms with Gasteiger partial charge in [0.25, 0.3) is 0 Å². The van der Waals surface area contributed by atoms with E-state index in [1.54, 1.807) is 10.9 Å². The Morgan fingerprint density at radius 3 is 2.50 bits per heavy atom. The van der Waals surface area contributed by atoms with Crippen LogP contribution in [0.3, 0.4) is 0 Å². The van der Waals surface area contributed by atoms with Crippen molar-refractivity contribution in [3.8, 4) is 0 Å². The summed E-state index contributed by atoms with van der Waals surface area (Å²) in [7, 11) is 1.82. The van der Waals surface area contributed by atoms with Crippen molar-refractivity contribution in [3.63, 3.8) is 0 Å². The van der Waals surface area contributed by atoms with E-state index in [4.69, 9.17) is 4.74 Å². The van der Waals surface area contributed by atoms with Crippen LogP contribution in [0.15, 0.2) is 6.33 Å². The Labute approximate surface area is 154 Å². The Kier molecular flexibility index (Phi) is 5.77. The highest BCUT2D eigenvalue weighted by atomic mass is 16.6. The number of rotatable bonds is 6. The average molecular weight is 366 g/mol. The van der Waals surface area contributed by atoms with Gasteiger partial charge in [-0.2, -0.15) is 0 Å². The minimum atomic E-state index is -0.559. The molecular weight excluding hydrogens is 336 g/mol. The molecule has 0 bridgehead atoms. The average Bonchev–Trinajstić information content (AvgIpc) is 3.26. The molecule has 1 fully saturated rings. The van der Waals surface area contributed by atoms with E-state index >= 15 is 0 Å². The summed E-state index contributed by atoms with van der Waals surface area (Å²) < 4.78 is 7.03. The molecular formula is C17H30N6O3. The van der Waals surface area contributed by atoms with Gasteiger partial charge >= 0.3 is 12.1 Å². The Hall–Kier alpha value is -2.32. The second-order valence-electron chi connectivity index (χ2n) is 8.17. The van der Waals surface area contributed by atoms with Gasteiger partial charge in [0.1, 0.15) is 11.9 Å². The zero-order valence-corrected chi connectivity index (χ0v) is 16.4. The number of nitrogens with one attached hydrogen (secondary N) is 3. The first-order valence-corrected chi connectivity index (χ1v) is 8.89. The molecule has 0 aromatic carbocycles. The van der Waals surface area contributed by atoms with Gasteiger partial charge in [0.05, 0.1) is 11.6 Å². The number of carbonyl (C=O) groups excluding carboxylic acids is 2. The van der Waals surface area contributed by atoms with Crippen molar-refractivity contribution in [1.29, 1.82) is 0 Å². The van der Waals surface area contributed by atoms with E-state index in [1.807, 2.05) is 41.7 Å². The Morgan fingerprint density at radius 1 is 1.35 bits per heavy atom. The predicted molar refractivity (Wildman–Crippen MR) is 96.5 cm³/mol. The van der Waals surface area contributed by atoms with Gasteiger partial charge in [-0.1, -0.05) is 0 Å². The topological polar surface area (TPSA) is 110 Å². The maximum Gasteiger partial charge on any atom is 0.407 e. The highest BCUT2D eigenvalue weighted by molar-refractivity contribution is 5.75. The number of nitrogens with zero attached hydrogens (tertiary/aromatic N) is 3. The molecule has 1 heterocycles. The van der Waals surface area contributed by atoms with Crippen molar-refractivity contribution in [2.75, 3.05) is 6.54 Å². The fraction of sp³-hybridized carbons (Fsp3) is 0.765. The standard InChI is InChI=1S/C17H30N6O3/c1-11(13-22-19-10-23(13)6)20-14(24)21-17(5,12-7-8-12)9-18-15(25)26-16(2,3)4/h10-12H,7-9H2,1-6H3,(H,18,25)(H2,20,21,24)/t11-,17+/m1/s1. The fourth-order valence-electron chi connectivity index (χ4n) is 2.82. The summed E-state index contributed by atoms with van der Waals surface area (Å²) in [6, 6.07) is -0.592. The monoisotopic (exact) mass is 366 g/mol. The van der Waals surface area contributed by atoms with Crippen LogP contribution in [0.1, 0.15) is 59.3 Å². The molecule has 9 nitrogen and oxygen atoms in total. The van der Waals surface area contributed by atoms with E-state index in [0.717, 1.165) is 12.8 Å². The lowest BCUT2D eigenvalue weighted by molar-refractivity contribution is 0.0509. The molecule has 1 aliphatic rings. The summed E-state index contributed by atoms with van der Waals surface area (Å²) in [5.74, 6) is 0.994. The van der Waals surface area contributed by atoms with Crippen molar-refractivity contribution in [2.24, 2.45) is 13.0 Å². The zero-order valence-electron chi connectivity index (χ0n) is 16.4. The van der Waals surface area contributed by atoms with E-state index in [1.165, 1.54) is 0 Å². The lowest BCUT2D eigenvalue weighted by Gasteiger charge is -2.32. The molecule has 2 atom stereocenters. The number of aryl methyl sites for hydroxylation is 1. The van der Waals surface area contributed by atoms with Crippen LogP contribution in [-0.4, -0.2) is 44.6 Å². The SMILES string of the molecule is C[C@@H](NC(=O)N[C@@](C)(CNC(=O)OC(C)(C)C)C1CC1)c1nncn1C. The third kappa shape index (κ3) is 5.60. The number of ether oxygens (including phenoxy) is 1. The minimum absolute atomic E-state index is 0.287. The molecule has 3 N–H and O–H groups in total. The Morgan fingerprint density at radius 2 is 2.00 bits per heavy atom. The van der Waals surface area contributed by atoms with Gasteiger partial charge in [-0.05, 0) is 53.4 Å². The number of carbonyl (C=O) groups is 2. The molecule has 146 valence electrons. The van der Waals surface area contributed by atoms with Crippen LogP contribution in [0.25, 0.3) is 0 Å². The number of hydrogen-bond acceptors (Lipinski definition) is 5. The second kappa shape index (κ2) is 7.51. The van der Waals surface area contributed by atoms with Crippen molar-refractivity contribution < 1.29 is 14.3 Å². The van der Waals surface area contributed by atoms with Gasteiger partial charge in [-0.15, -0.1) is 10.2 Å². The van der Waals surface area contributed by atoms with Crippen molar-refractivity contribution in [3.05, 3.63) is 12.2 Å². The fourth-order valence-corrected chi connectivity index (χ4v) is 2.82. The third-order valence-electron chi connectivity index (χ3n) is 4.36. The Balaban J connectivity index is 1.91. The molecule has 2 rings (SSSR count). The lowest BCUT2D eigenvalue weighted by atomic mass is 9.96. The number of hydrogen-bond donors (Lipinski definition) is 3. The van der Waals surface area contributed by atoms with Crippen LogP contribution < -0.4 is 16.0 Å². The highest BCUT2D eigenvalue weighted by Gasteiger charge is 2.43. The Bertz CT molecular complexity index is 649. The maximum absolute atomic E-state index is 12.5. The van der Waals surface area contributed by atoms with E-state index in [0.29, 0.717) is 18.3 Å². The van der Waals surface area contributed by atoms with Crippen molar-refractivity contribution >= 4 is 12.1 Å². The maximum atomic E-state index is 12.5. The molecule has 9 heteroatoms. The first kappa shape index (κ1) is 20.0. The van der Waals surface area contributed by atoms with Crippen LogP contribution in [0.2, 0.25) is 0 Å². The second-order valence-corrected chi connectivity index (χ2v) is 8.17. The van der Waals surface area contributed by atoms with Crippen LogP contribution in [0, 0.1) is 5.92 Å². The smallest absolute Gasteiger partial charge is 0.407 e. The van der Waals surface area contributed by atoms with Crippen LogP contribution in [-0.2, 0) is 11.8 Å². The van der Waals surface area contributed by atoms with E-state index in [9.17, 15) is 9.59 Å². The molecule has 0 unspecified atom stereocenters. The summed E-state index contributed by atoms with van der Waals surface area (Å²) in [6.07, 6.45) is 3.14. The number of alkyl carbamates (subject to hydrolysis) is 1. The van der Waals surface area contributed by atoms with Crippen LogP contribution in [0.4, 0.5) is 9.59 Å². The van der Waals surface area contributed by atoms with Crippen LogP contribution >= 0.6 is 0 Å². The van der Waals surface area contributed by atoms with Gasteiger partial charge in [-0.25, -0.2) is 9.59 Å². The number of amides is 3. The summed E-state index contributed by atoms with van der Waals surface area (Å²) in [6.45, 7) is 9.52. The molecule has 1 aliphatic carbocycles. The van der Waals surface area contributed by atoms with E-state index in [2.05, 4.69) is 26.1 Å². The van der Waals surface area contributed by atoms with Gasteiger partial charge in [0.2, 0.25) is 0 Å². The van der Waals surface area contributed by atoms with Crippen molar-refractivity contribution in [2.45, 2.75) is 64.6 Å². The minimum Gasteiger partial charge on any atom is -0.444 e. The third-order valence-corrected chi connectivity index (χ3v) is 4.36. The summed E-state index contributed by atoms with van der Waals surface area (Å²) in [5, 5.41) is 16.5. The summed E-state index contributed by atoms with van der Waals surface area (Å²) in [4.78, 5) is 24.4. The molecule has 1 saturated carbocycles. The quantitative estimate of drug-likeness (QED) is 0.712. The van der Waals surface area contributed by atoms with Gasteiger partial charge in [-0.3, -0.25) is 0 Å². The van der Waals surface area contributed by atoms with Gasteiger partial charge < -0.3 is 25.3 Å². The zero-order chi connectivity index (χ0) is 19.5. The molecule has 26 heavy (non-hydrogen) atoms. The largest absolute Gasteiger partial charge is 0.444 e. The normalized spacial score (nSPS) is 17.8. The molecule has 3 amide bonds. The first-order chi connectivity index (χ1) is 12.0.